The average molecular weight is 424 g/mol. The molecule has 3 rings (SSSR count). The molecule has 2 saturated carbocycles. The molecular weight excluding hydrogens is 397 g/mol. The van der Waals surface area contributed by atoms with Crippen LogP contribution in [0.2, 0.25) is 5.02 Å². The van der Waals surface area contributed by atoms with Crippen molar-refractivity contribution in [1.29, 1.82) is 5.41 Å². The first-order valence-electron chi connectivity index (χ1n) is 9.62. The molecule has 7 nitrogen and oxygen atoms in total. The Labute approximate surface area is 174 Å². The molecule has 0 heterocycles. The van der Waals surface area contributed by atoms with Crippen molar-refractivity contribution in [2.24, 2.45) is 29.2 Å². The van der Waals surface area contributed by atoms with Gasteiger partial charge in [0, 0.05) is 25.2 Å². The minimum atomic E-state index is -0.815. The Balaban J connectivity index is 1.75. The topological polar surface area (TPSA) is 137 Å². The lowest BCUT2D eigenvalue weighted by Crippen LogP contribution is -2.36. The summed E-state index contributed by atoms with van der Waals surface area (Å²) in [5.41, 5.74) is 11.4. The van der Waals surface area contributed by atoms with Gasteiger partial charge in [-0.05, 0) is 55.7 Å². The van der Waals surface area contributed by atoms with E-state index in [9.17, 15) is 14.3 Å². The van der Waals surface area contributed by atoms with Crippen molar-refractivity contribution in [1.82, 2.24) is 5.32 Å². The lowest BCUT2D eigenvalue weighted by Gasteiger charge is -2.23. The maximum absolute atomic E-state index is 13.4. The molecule has 9 heteroatoms. The minimum Gasteiger partial charge on any atom is -0.389 e. The normalized spacial score (nSPS) is 29.2. The zero-order chi connectivity index (χ0) is 21.3. The molecule has 1 amide bonds. The zero-order valence-corrected chi connectivity index (χ0v) is 17.0. The van der Waals surface area contributed by atoms with Crippen LogP contribution in [-0.4, -0.2) is 35.9 Å². The fourth-order valence-electron chi connectivity index (χ4n) is 4.66. The van der Waals surface area contributed by atoms with Crippen molar-refractivity contribution in [3.63, 3.8) is 0 Å². The molecule has 2 unspecified atom stereocenters. The Morgan fingerprint density at radius 3 is 2.52 bits per heavy atom. The first-order chi connectivity index (χ1) is 13.7. The van der Waals surface area contributed by atoms with Crippen molar-refractivity contribution in [3.05, 3.63) is 40.4 Å². The van der Waals surface area contributed by atoms with Gasteiger partial charge in [-0.1, -0.05) is 11.6 Å². The highest BCUT2D eigenvalue weighted by atomic mass is 35.5. The van der Waals surface area contributed by atoms with Crippen LogP contribution in [0, 0.1) is 29.0 Å². The minimum absolute atomic E-state index is 0.0620. The van der Waals surface area contributed by atoms with Gasteiger partial charge in [-0.25, -0.2) is 4.39 Å². The maximum Gasteiger partial charge on any atom is 0.261 e. The van der Waals surface area contributed by atoms with Crippen molar-refractivity contribution in [3.8, 4) is 0 Å². The molecule has 0 saturated heterocycles. The number of anilines is 1. The van der Waals surface area contributed by atoms with E-state index >= 15 is 0 Å². The van der Waals surface area contributed by atoms with Crippen LogP contribution in [0.1, 0.15) is 25.7 Å². The number of benzene rings is 1. The number of hydrogen-bond acceptors (Lipinski definition) is 6. The number of aliphatic hydroxyl groups is 1. The van der Waals surface area contributed by atoms with Gasteiger partial charge in [-0.3, -0.25) is 4.79 Å². The van der Waals surface area contributed by atoms with E-state index in [1.807, 2.05) is 0 Å². The Hall–Kier alpha value is -2.16. The lowest BCUT2D eigenvalue weighted by molar-refractivity contribution is -0.112. The molecule has 2 aliphatic carbocycles. The van der Waals surface area contributed by atoms with Crippen molar-refractivity contribution in [2.45, 2.75) is 31.3 Å². The zero-order valence-electron chi connectivity index (χ0n) is 16.3. The van der Waals surface area contributed by atoms with Gasteiger partial charge in [0.1, 0.15) is 17.2 Å². The van der Waals surface area contributed by atoms with Crippen molar-refractivity contribution >= 4 is 28.9 Å². The highest BCUT2D eigenvalue weighted by molar-refractivity contribution is 6.31. The summed E-state index contributed by atoms with van der Waals surface area (Å²) >= 11 is 5.78. The predicted molar refractivity (Wildman–Crippen MR) is 111 cm³/mol. The summed E-state index contributed by atoms with van der Waals surface area (Å²) < 4.78 is 13.4. The van der Waals surface area contributed by atoms with Gasteiger partial charge in [-0.15, -0.1) is 0 Å². The fraction of sp³-hybridized carbons (Fsp3) is 0.500. The van der Waals surface area contributed by atoms with Crippen molar-refractivity contribution < 1.29 is 14.3 Å². The van der Waals surface area contributed by atoms with Gasteiger partial charge < -0.3 is 32.6 Å². The summed E-state index contributed by atoms with van der Waals surface area (Å²) in [5.74, 6) is -0.610. The van der Waals surface area contributed by atoms with Crippen LogP contribution >= 0.6 is 11.6 Å². The summed E-state index contributed by atoms with van der Waals surface area (Å²) in [6, 6.07) is 3.85. The standard InChI is InChI=1S/C20H27ClFN5O2/c1-26-18(25)16(19(28)27-13-2-3-15(22)14(21)6-13)17(24)10-4-11-7-20(29,9-23)8-12(11)5-10/h2-3,6,10-12,24,26,29H,4-5,7-9,23,25H2,1H3,(H,27,28)/b18-16+,24-17?. The van der Waals surface area contributed by atoms with Gasteiger partial charge in [0.2, 0.25) is 0 Å². The monoisotopic (exact) mass is 423 g/mol. The largest absolute Gasteiger partial charge is 0.389 e. The number of halogens is 2. The van der Waals surface area contributed by atoms with E-state index in [0.29, 0.717) is 31.4 Å². The number of rotatable bonds is 6. The Morgan fingerprint density at radius 2 is 2.00 bits per heavy atom. The van der Waals surface area contributed by atoms with Gasteiger partial charge >= 0.3 is 0 Å². The van der Waals surface area contributed by atoms with E-state index in [2.05, 4.69) is 10.6 Å². The van der Waals surface area contributed by atoms with Crippen LogP contribution in [0.15, 0.2) is 29.6 Å². The third-order valence-corrected chi connectivity index (χ3v) is 6.42. The van der Waals surface area contributed by atoms with E-state index in [4.69, 9.17) is 28.5 Å². The molecule has 8 N–H and O–H groups in total. The number of nitrogens with two attached hydrogens (primary N) is 2. The molecule has 0 spiro atoms. The molecule has 2 aliphatic rings. The smallest absolute Gasteiger partial charge is 0.261 e. The molecule has 158 valence electrons. The summed E-state index contributed by atoms with van der Waals surface area (Å²) in [6.07, 6.45) is 2.67. The van der Waals surface area contributed by atoms with Crippen LogP contribution in [0.5, 0.6) is 0 Å². The van der Waals surface area contributed by atoms with Crippen LogP contribution < -0.4 is 22.1 Å². The molecule has 0 aromatic heterocycles. The van der Waals surface area contributed by atoms with Crippen LogP contribution in [0.4, 0.5) is 10.1 Å². The highest BCUT2D eigenvalue weighted by Crippen LogP contribution is 2.51. The maximum atomic E-state index is 13.4. The molecule has 0 aliphatic heterocycles. The first kappa shape index (κ1) is 21.5. The predicted octanol–water partition coefficient (Wildman–Crippen LogP) is 1.95. The number of carbonyl (C=O) groups is 1. The second kappa shape index (κ2) is 8.30. The summed E-state index contributed by atoms with van der Waals surface area (Å²) in [4.78, 5) is 12.9. The number of amides is 1. The quantitative estimate of drug-likeness (QED) is 0.307. The van der Waals surface area contributed by atoms with Gasteiger partial charge in [0.15, 0.2) is 0 Å². The summed E-state index contributed by atoms with van der Waals surface area (Å²) in [5, 5.41) is 24.4. The Bertz CT molecular complexity index is 845. The lowest BCUT2D eigenvalue weighted by atomic mass is 9.89. The molecule has 1 aromatic rings. The molecule has 2 fully saturated rings. The Kier molecular flexibility index (Phi) is 6.16. The van der Waals surface area contributed by atoms with E-state index in [1.165, 1.54) is 12.1 Å². The third kappa shape index (κ3) is 4.39. The second-order valence-electron chi connectivity index (χ2n) is 8.06. The van der Waals surface area contributed by atoms with Crippen molar-refractivity contribution in [2.75, 3.05) is 18.9 Å². The fourth-order valence-corrected chi connectivity index (χ4v) is 4.84. The first-order valence-corrected chi connectivity index (χ1v) is 10.0. The summed E-state index contributed by atoms with van der Waals surface area (Å²) in [6.45, 7) is 0.239. The van der Waals surface area contributed by atoms with Crippen LogP contribution in [0.3, 0.4) is 0 Å². The SMILES string of the molecule is CN/C(N)=C(\C(=N)C1CC2CC(O)(CN)CC2C1)C(=O)Nc1ccc(F)c(Cl)c1. The number of carbonyl (C=O) groups excluding carboxylic acids is 1. The highest BCUT2D eigenvalue weighted by Gasteiger charge is 2.49. The van der Waals surface area contributed by atoms with E-state index in [0.717, 1.165) is 6.07 Å². The number of nitrogens with one attached hydrogen (secondary N) is 3. The molecule has 0 radical (unpaired) electrons. The average Bonchev–Trinajstić information content (AvgIpc) is 3.20. The molecule has 29 heavy (non-hydrogen) atoms. The summed E-state index contributed by atoms with van der Waals surface area (Å²) in [7, 11) is 1.58. The number of fused-ring (bicyclic) bond motifs is 1. The molecule has 2 atom stereocenters. The van der Waals surface area contributed by atoms with E-state index < -0.39 is 17.3 Å². The van der Waals surface area contributed by atoms with Crippen LogP contribution in [-0.2, 0) is 4.79 Å². The van der Waals surface area contributed by atoms with E-state index in [1.54, 1.807) is 7.05 Å². The third-order valence-electron chi connectivity index (χ3n) is 6.13. The van der Waals surface area contributed by atoms with Gasteiger partial charge in [0.25, 0.3) is 5.91 Å². The second-order valence-corrected chi connectivity index (χ2v) is 8.47. The number of hydrogen-bond donors (Lipinski definition) is 6. The van der Waals surface area contributed by atoms with Gasteiger partial charge in [-0.2, -0.15) is 0 Å². The molecule has 1 aromatic carbocycles. The molecule has 0 bridgehead atoms. The van der Waals surface area contributed by atoms with E-state index in [-0.39, 0.29) is 46.4 Å². The van der Waals surface area contributed by atoms with Gasteiger partial charge in [0.05, 0.1) is 16.3 Å². The molecular formula is C20H27ClFN5O2. The Morgan fingerprint density at radius 1 is 1.38 bits per heavy atom. The van der Waals surface area contributed by atoms with Crippen LogP contribution in [0.25, 0.3) is 0 Å².